The Morgan fingerprint density at radius 2 is 1.00 bits per heavy atom. The van der Waals surface area contributed by atoms with E-state index in [1.807, 2.05) is 6.07 Å². The van der Waals surface area contributed by atoms with Crippen molar-refractivity contribution in [3.05, 3.63) is 194 Å². The molecule has 0 spiro atoms. The lowest BCUT2D eigenvalue weighted by atomic mass is 10.0. The summed E-state index contributed by atoms with van der Waals surface area (Å²) in [5.41, 5.74) is 14.5. The Kier molecular flexibility index (Phi) is 8.16. The van der Waals surface area contributed by atoms with Crippen LogP contribution in [0.3, 0.4) is 0 Å². The molecule has 0 amide bonds. The van der Waals surface area contributed by atoms with Crippen molar-refractivity contribution in [2.75, 3.05) is 11.9 Å². The maximum Gasteiger partial charge on any atom is 0.235 e. The number of para-hydroxylation sites is 3. The van der Waals surface area contributed by atoms with Crippen LogP contribution in [-0.4, -0.2) is 26.1 Å². The van der Waals surface area contributed by atoms with E-state index in [4.69, 9.17) is 9.97 Å². The molecule has 282 valence electrons. The van der Waals surface area contributed by atoms with Crippen molar-refractivity contribution >= 4 is 65.9 Å². The highest BCUT2D eigenvalue weighted by atomic mass is 15.2. The van der Waals surface area contributed by atoms with Gasteiger partial charge in [0.15, 0.2) is 0 Å². The van der Waals surface area contributed by atoms with Crippen LogP contribution in [-0.2, 0) is 0 Å². The minimum absolute atomic E-state index is 0.444. The highest BCUT2D eigenvalue weighted by molar-refractivity contribution is 6.13. The smallest absolute Gasteiger partial charge is 0.235 e. The van der Waals surface area contributed by atoms with Crippen molar-refractivity contribution in [3.8, 4) is 34.0 Å². The topological polar surface area (TPSA) is 38.9 Å². The number of rotatable bonds is 7. The van der Waals surface area contributed by atoms with Gasteiger partial charge in [-0.3, -0.25) is 4.57 Å². The molecule has 0 bridgehead atoms. The Morgan fingerprint density at radius 1 is 0.424 bits per heavy atom. The number of hydrogen-bond donors (Lipinski definition) is 0. The second-order valence-electron chi connectivity index (χ2n) is 15.8. The zero-order valence-corrected chi connectivity index (χ0v) is 33.2. The monoisotopic (exact) mass is 759 g/mol. The summed E-state index contributed by atoms with van der Waals surface area (Å²) >= 11 is 0. The van der Waals surface area contributed by atoms with E-state index in [2.05, 4.69) is 217 Å². The molecule has 3 aromatic heterocycles. The first kappa shape index (κ1) is 34.7. The minimum atomic E-state index is 0.444. The van der Waals surface area contributed by atoms with Gasteiger partial charge in [-0.25, -0.2) is 9.97 Å². The predicted molar refractivity (Wildman–Crippen MR) is 248 cm³/mol. The molecule has 11 rings (SSSR count). The number of nitrogens with zero attached hydrogens (tertiary/aromatic N) is 5. The zero-order chi connectivity index (χ0) is 39.6. The molecule has 0 aliphatic carbocycles. The molecule has 0 N–H and O–H groups in total. The first-order valence-electron chi connectivity index (χ1n) is 20.3. The van der Waals surface area contributed by atoms with Gasteiger partial charge in [0.2, 0.25) is 5.95 Å². The molecule has 0 atom stereocenters. The highest BCUT2D eigenvalue weighted by Crippen LogP contribution is 2.40. The van der Waals surface area contributed by atoms with E-state index < -0.39 is 0 Å². The fourth-order valence-electron chi connectivity index (χ4n) is 8.84. The summed E-state index contributed by atoms with van der Waals surface area (Å²) < 4.78 is 4.61. The largest absolute Gasteiger partial charge is 0.345 e. The van der Waals surface area contributed by atoms with E-state index >= 15 is 0 Å². The predicted octanol–water partition coefficient (Wildman–Crippen LogP) is 14.0. The molecule has 0 saturated heterocycles. The molecule has 5 nitrogen and oxygen atoms in total. The van der Waals surface area contributed by atoms with Crippen molar-refractivity contribution in [2.45, 2.75) is 19.8 Å². The molecule has 0 unspecified atom stereocenters. The molecule has 0 saturated carbocycles. The second kappa shape index (κ2) is 13.9. The molecular formula is C54H41N5. The molecular weight excluding hydrogens is 719 g/mol. The van der Waals surface area contributed by atoms with Gasteiger partial charge in [0, 0.05) is 56.6 Å². The third-order valence-corrected chi connectivity index (χ3v) is 11.9. The van der Waals surface area contributed by atoms with Gasteiger partial charge >= 0.3 is 0 Å². The average molecular weight is 760 g/mol. The lowest BCUT2D eigenvalue weighted by Crippen LogP contribution is -2.10. The molecule has 11 aromatic rings. The Balaban J connectivity index is 1.14. The van der Waals surface area contributed by atoms with E-state index in [-0.39, 0.29) is 0 Å². The van der Waals surface area contributed by atoms with Crippen LogP contribution in [0.25, 0.3) is 88.5 Å². The molecule has 0 aliphatic heterocycles. The Morgan fingerprint density at radius 3 is 1.75 bits per heavy atom. The molecule has 59 heavy (non-hydrogen) atoms. The summed E-state index contributed by atoms with van der Waals surface area (Å²) in [6.45, 7) is 4.49. The van der Waals surface area contributed by atoms with Crippen LogP contribution in [0.5, 0.6) is 0 Å². The van der Waals surface area contributed by atoms with Crippen LogP contribution in [0.15, 0.2) is 188 Å². The van der Waals surface area contributed by atoms with Gasteiger partial charge in [-0.05, 0) is 101 Å². The van der Waals surface area contributed by atoms with Crippen molar-refractivity contribution in [1.29, 1.82) is 0 Å². The molecule has 3 heterocycles. The van der Waals surface area contributed by atoms with Crippen molar-refractivity contribution in [1.82, 2.24) is 19.1 Å². The van der Waals surface area contributed by atoms with Gasteiger partial charge in [-0.15, -0.1) is 0 Å². The lowest BCUT2D eigenvalue weighted by molar-refractivity contribution is 0.866. The maximum atomic E-state index is 5.36. The summed E-state index contributed by atoms with van der Waals surface area (Å²) in [6.07, 6.45) is 0. The van der Waals surface area contributed by atoms with Gasteiger partial charge in [-0.2, -0.15) is 0 Å². The third kappa shape index (κ3) is 5.77. The maximum absolute atomic E-state index is 5.36. The zero-order valence-electron chi connectivity index (χ0n) is 33.2. The Bertz CT molecular complexity index is 3380. The molecule has 5 heteroatoms. The summed E-state index contributed by atoms with van der Waals surface area (Å²) in [5, 5.41) is 5.79. The summed E-state index contributed by atoms with van der Waals surface area (Å²) in [6, 6.07) is 67.5. The fraction of sp³-hybridized carbons (Fsp3) is 0.0741. The molecule has 0 radical (unpaired) electrons. The highest BCUT2D eigenvalue weighted by Gasteiger charge is 2.20. The van der Waals surface area contributed by atoms with Gasteiger partial charge in [0.05, 0.1) is 33.3 Å². The van der Waals surface area contributed by atoms with Crippen LogP contribution < -0.4 is 4.90 Å². The van der Waals surface area contributed by atoms with Crippen LogP contribution >= 0.6 is 0 Å². The Hall–Kier alpha value is -7.50. The van der Waals surface area contributed by atoms with Crippen molar-refractivity contribution in [2.24, 2.45) is 0 Å². The summed E-state index contributed by atoms with van der Waals surface area (Å²) in [4.78, 5) is 12.9. The van der Waals surface area contributed by atoms with Crippen LogP contribution in [0.2, 0.25) is 0 Å². The number of aromatic nitrogens is 4. The summed E-state index contributed by atoms with van der Waals surface area (Å²) in [5.74, 6) is 1.09. The van der Waals surface area contributed by atoms with E-state index in [0.29, 0.717) is 11.9 Å². The minimum Gasteiger partial charge on any atom is -0.345 e. The fourth-order valence-corrected chi connectivity index (χ4v) is 8.84. The normalized spacial score (nSPS) is 11.8. The van der Waals surface area contributed by atoms with Crippen LogP contribution in [0.4, 0.5) is 11.4 Å². The lowest BCUT2D eigenvalue weighted by Gasteiger charge is -2.21. The third-order valence-electron chi connectivity index (χ3n) is 11.9. The van der Waals surface area contributed by atoms with E-state index in [1.165, 1.54) is 32.9 Å². The number of hydrogen-bond acceptors (Lipinski definition) is 3. The first-order chi connectivity index (χ1) is 29.0. The first-order valence-corrected chi connectivity index (χ1v) is 20.3. The van der Waals surface area contributed by atoms with Gasteiger partial charge in [0.1, 0.15) is 0 Å². The standard InChI is InChI=1S/C54H41N5/c1-35(2)37-17-14-20-41(31-37)57(3)42-27-30-52-47(34-42)46-33-39(38-25-28-50-45(32-38)43-21-11-13-24-49(43)58(50)40-18-8-5-9-19-40)26-29-51(46)59(52)54-55-48-23-12-10-22-44(48)53(56-54)36-15-6-4-7-16-36/h4-35H,1-3H3. The van der Waals surface area contributed by atoms with E-state index in [0.717, 1.165) is 66.6 Å². The summed E-state index contributed by atoms with van der Waals surface area (Å²) in [7, 11) is 2.16. The van der Waals surface area contributed by atoms with Gasteiger partial charge in [0.25, 0.3) is 0 Å². The Labute approximate surface area is 343 Å². The quantitative estimate of drug-likeness (QED) is 0.162. The van der Waals surface area contributed by atoms with E-state index in [1.54, 1.807) is 0 Å². The SMILES string of the molecule is CC(C)c1cccc(N(C)c2ccc3c(c2)c2cc(-c4ccc5c(c4)c4ccccc4n5-c4ccccc4)ccc2n3-c2nc(-c3ccccc3)c3ccccc3n2)c1. The number of fused-ring (bicyclic) bond motifs is 7. The number of benzene rings is 8. The second-order valence-corrected chi connectivity index (χ2v) is 15.8. The van der Waals surface area contributed by atoms with Gasteiger partial charge in [-0.1, -0.05) is 123 Å². The van der Waals surface area contributed by atoms with Crippen LogP contribution in [0, 0.1) is 0 Å². The van der Waals surface area contributed by atoms with E-state index in [9.17, 15) is 0 Å². The number of anilines is 2. The molecule has 0 fully saturated rings. The van der Waals surface area contributed by atoms with Crippen molar-refractivity contribution < 1.29 is 0 Å². The molecule has 0 aliphatic rings. The van der Waals surface area contributed by atoms with Gasteiger partial charge < -0.3 is 9.47 Å². The molecule has 8 aromatic carbocycles. The average Bonchev–Trinajstić information content (AvgIpc) is 3.80. The van der Waals surface area contributed by atoms with Crippen LogP contribution in [0.1, 0.15) is 25.3 Å². The van der Waals surface area contributed by atoms with Crippen molar-refractivity contribution in [3.63, 3.8) is 0 Å².